The van der Waals surface area contributed by atoms with Gasteiger partial charge >= 0.3 is 0 Å². The molecule has 0 aliphatic carbocycles. The Labute approximate surface area is 116 Å². The van der Waals surface area contributed by atoms with Gasteiger partial charge < -0.3 is 4.98 Å². The van der Waals surface area contributed by atoms with Gasteiger partial charge in [0, 0.05) is 21.4 Å². The predicted octanol–water partition coefficient (Wildman–Crippen LogP) is 4.24. The SMILES string of the molecule is N#CC1CSc2[nH]c(=S)sc2C1c1cccs1. The molecule has 86 valence electrons. The first-order valence-electron chi connectivity index (χ1n) is 5.08. The molecule has 0 saturated carbocycles. The summed E-state index contributed by atoms with van der Waals surface area (Å²) in [4.78, 5) is 5.73. The summed E-state index contributed by atoms with van der Waals surface area (Å²) in [5, 5.41) is 12.5. The van der Waals surface area contributed by atoms with E-state index < -0.39 is 0 Å². The van der Waals surface area contributed by atoms with Crippen LogP contribution in [0.4, 0.5) is 0 Å². The molecular weight excluding hydrogens is 288 g/mol. The highest BCUT2D eigenvalue weighted by molar-refractivity contribution is 7.99. The van der Waals surface area contributed by atoms with Crippen LogP contribution in [0.2, 0.25) is 0 Å². The van der Waals surface area contributed by atoms with Gasteiger partial charge in [-0.1, -0.05) is 6.07 Å². The molecule has 2 nitrogen and oxygen atoms in total. The number of hydrogen-bond donors (Lipinski definition) is 1. The number of aromatic amines is 1. The first-order valence-corrected chi connectivity index (χ1v) is 8.17. The number of H-pyrrole nitrogens is 1. The number of thiophene rings is 1. The fraction of sp³-hybridized carbons (Fsp3) is 0.273. The lowest BCUT2D eigenvalue weighted by molar-refractivity contribution is 0.641. The van der Waals surface area contributed by atoms with E-state index in [-0.39, 0.29) is 11.8 Å². The van der Waals surface area contributed by atoms with E-state index in [1.165, 1.54) is 9.75 Å². The fourth-order valence-corrected chi connectivity index (χ4v) is 5.75. The number of nitrogens with one attached hydrogen (secondary N) is 1. The van der Waals surface area contributed by atoms with Gasteiger partial charge in [-0.05, 0) is 23.7 Å². The number of nitrogens with zero attached hydrogens (tertiary/aromatic N) is 1. The average molecular weight is 296 g/mol. The number of nitriles is 1. The van der Waals surface area contributed by atoms with Crippen LogP contribution in [-0.4, -0.2) is 10.7 Å². The van der Waals surface area contributed by atoms with Crippen molar-refractivity contribution < 1.29 is 0 Å². The van der Waals surface area contributed by atoms with E-state index in [4.69, 9.17) is 12.2 Å². The molecule has 3 heterocycles. The molecule has 2 atom stereocenters. The second kappa shape index (κ2) is 4.58. The van der Waals surface area contributed by atoms with E-state index in [1.807, 2.05) is 6.07 Å². The van der Waals surface area contributed by atoms with E-state index in [2.05, 4.69) is 22.5 Å². The minimum absolute atomic E-state index is 0.0487. The molecule has 1 aliphatic heterocycles. The molecule has 0 fully saturated rings. The monoisotopic (exact) mass is 296 g/mol. The average Bonchev–Trinajstić information content (AvgIpc) is 2.94. The Morgan fingerprint density at radius 1 is 1.53 bits per heavy atom. The van der Waals surface area contributed by atoms with Crippen molar-refractivity contribution in [2.75, 3.05) is 5.75 Å². The highest BCUT2D eigenvalue weighted by Crippen LogP contribution is 2.47. The second-order valence-electron chi connectivity index (χ2n) is 3.75. The lowest BCUT2D eigenvalue weighted by atomic mass is 9.92. The molecular formula is C11H8N2S4. The van der Waals surface area contributed by atoms with E-state index in [1.54, 1.807) is 34.4 Å². The zero-order valence-electron chi connectivity index (χ0n) is 8.67. The van der Waals surface area contributed by atoms with Crippen LogP contribution < -0.4 is 0 Å². The molecule has 17 heavy (non-hydrogen) atoms. The van der Waals surface area contributed by atoms with Gasteiger partial charge in [0.15, 0.2) is 3.95 Å². The van der Waals surface area contributed by atoms with Gasteiger partial charge in [-0.25, -0.2) is 0 Å². The molecule has 0 saturated heterocycles. The fourth-order valence-electron chi connectivity index (χ4n) is 2.00. The maximum absolute atomic E-state index is 9.30. The van der Waals surface area contributed by atoms with Gasteiger partial charge in [0.2, 0.25) is 0 Å². The van der Waals surface area contributed by atoms with Crippen molar-refractivity contribution in [2.45, 2.75) is 10.9 Å². The van der Waals surface area contributed by atoms with Gasteiger partial charge in [-0.2, -0.15) is 5.26 Å². The Kier molecular flexibility index (Phi) is 3.09. The van der Waals surface area contributed by atoms with Crippen molar-refractivity contribution in [3.8, 4) is 6.07 Å². The van der Waals surface area contributed by atoms with E-state index >= 15 is 0 Å². The van der Waals surface area contributed by atoms with Gasteiger partial charge in [-0.15, -0.1) is 34.4 Å². The molecule has 2 aromatic heterocycles. The molecule has 0 amide bonds. The van der Waals surface area contributed by atoms with Crippen LogP contribution in [0.3, 0.4) is 0 Å². The smallest absolute Gasteiger partial charge is 0.159 e. The summed E-state index contributed by atoms with van der Waals surface area (Å²) in [7, 11) is 0. The number of fused-ring (bicyclic) bond motifs is 1. The molecule has 3 rings (SSSR count). The highest BCUT2D eigenvalue weighted by atomic mass is 32.2. The molecule has 6 heteroatoms. The van der Waals surface area contributed by atoms with Crippen molar-refractivity contribution >= 4 is 46.7 Å². The van der Waals surface area contributed by atoms with Crippen molar-refractivity contribution in [2.24, 2.45) is 5.92 Å². The van der Waals surface area contributed by atoms with Gasteiger partial charge in [0.05, 0.1) is 17.0 Å². The molecule has 2 aromatic rings. The van der Waals surface area contributed by atoms with Gasteiger partial charge in [-0.3, -0.25) is 0 Å². The molecule has 0 aromatic carbocycles. The lowest BCUT2D eigenvalue weighted by Crippen LogP contribution is -2.17. The first-order chi connectivity index (χ1) is 8.29. The van der Waals surface area contributed by atoms with E-state index in [0.29, 0.717) is 0 Å². The number of rotatable bonds is 1. The molecule has 0 bridgehead atoms. The topological polar surface area (TPSA) is 39.6 Å². The summed E-state index contributed by atoms with van der Waals surface area (Å²) in [5.41, 5.74) is 0. The first kappa shape index (κ1) is 11.5. The van der Waals surface area contributed by atoms with Crippen LogP contribution in [-0.2, 0) is 0 Å². The third-order valence-electron chi connectivity index (χ3n) is 2.75. The minimum Gasteiger partial charge on any atom is -0.332 e. The van der Waals surface area contributed by atoms with Crippen molar-refractivity contribution in [3.63, 3.8) is 0 Å². The Morgan fingerprint density at radius 2 is 2.41 bits per heavy atom. The van der Waals surface area contributed by atoms with Gasteiger partial charge in [0.25, 0.3) is 0 Å². The van der Waals surface area contributed by atoms with Crippen molar-refractivity contribution in [1.82, 2.24) is 4.98 Å². The summed E-state index contributed by atoms with van der Waals surface area (Å²) in [6.45, 7) is 0. The largest absolute Gasteiger partial charge is 0.332 e. The van der Waals surface area contributed by atoms with Crippen LogP contribution >= 0.6 is 46.7 Å². The number of hydrogen-bond acceptors (Lipinski definition) is 5. The van der Waals surface area contributed by atoms with Crippen molar-refractivity contribution in [3.05, 3.63) is 31.2 Å². The van der Waals surface area contributed by atoms with E-state index in [9.17, 15) is 5.26 Å². The third kappa shape index (κ3) is 1.97. The molecule has 2 unspecified atom stereocenters. The van der Waals surface area contributed by atoms with Crippen LogP contribution in [0.15, 0.2) is 22.5 Å². The zero-order chi connectivity index (χ0) is 11.8. The summed E-state index contributed by atoms with van der Waals surface area (Å²) < 4.78 is 0.808. The standard InChI is InChI=1S/C11H8N2S4/c12-4-6-5-16-10-9(17-11(14)13-10)8(6)7-2-1-3-15-7/h1-3,6,8H,5H2,(H,13,14). The molecule has 1 N–H and O–H groups in total. The quantitative estimate of drug-likeness (QED) is 0.800. The predicted molar refractivity (Wildman–Crippen MR) is 75.5 cm³/mol. The minimum atomic E-state index is 0.0487. The lowest BCUT2D eigenvalue weighted by Gasteiger charge is -2.24. The molecule has 0 radical (unpaired) electrons. The summed E-state index contributed by atoms with van der Waals surface area (Å²) in [5.74, 6) is 1.09. The maximum atomic E-state index is 9.30. The van der Waals surface area contributed by atoms with Crippen LogP contribution in [0.1, 0.15) is 15.7 Å². The maximum Gasteiger partial charge on any atom is 0.159 e. The molecule has 1 aliphatic rings. The summed E-state index contributed by atoms with van der Waals surface area (Å²) >= 11 is 10.3. The number of thiazole rings is 1. The van der Waals surface area contributed by atoms with Gasteiger partial charge in [0.1, 0.15) is 0 Å². The van der Waals surface area contributed by atoms with Crippen LogP contribution in [0.25, 0.3) is 0 Å². The van der Waals surface area contributed by atoms with Crippen LogP contribution in [0.5, 0.6) is 0 Å². The highest BCUT2D eigenvalue weighted by Gasteiger charge is 2.34. The molecule has 0 spiro atoms. The normalized spacial score (nSPS) is 23.0. The van der Waals surface area contributed by atoms with Crippen molar-refractivity contribution in [1.29, 1.82) is 5.26 Å². The third-order valence-corrected chi connectivity index (χ3v) is 6.29. The zero-order valence-corrected chi connectivity index (χ0v) is 11.9. The summed E-state index contributed by atoms with van der Waals surface area (Å²) in [6.07, 6.45) is 0. The second-order valence-corrected chi connectivity index (χ2v) is 7.48. The number of aromatic nitrogens is 1. The van der Waals surface area contributed by atoms with Crippen LogP contribution in [0, 0.1) is 21.2 Å². The number of thioether (sulfide) groups is 1. The Bertz CT molecular complexity index is 617. The summed E-state index contributed by atoms with van der Waals surface area (Å²) in [6, 6.07) is 6.59. The van der Waals surface area contributed by atoms with E-state index in [0.717, 1.165) is 14.7 Å². The Morgan fingerprint density at radius 3 is 3.12 bits per heavy atom. The Hall–Kier alpha value is -0.610. The Balaban J connectivity index is 2.15.